The molecule has 1 N–H and O–H groups in total. The van der Waals surface area contributed by atoms with Crippen LogP contribution in [0.15, 0.2) is 24.3 Å². The number of rotatable bonds is 7. The van der Waals surface area contributed by atoms with E-state index in [1.807, 2.05) is 24.3 Å². The lowest BCUT2D eigenvalue weighted by atomic mass is 9.96. The van der Waals surface area contributed by atoms with Gasteiger partial charge in [-0.1, -0.05) is 50.9 Å². The molecule has 1 aromatic rings. The van der Waals surface area contributed by atoms with E-state index in [2.05, 4.69) is 26.1 Å². The molecule has 0 radical (unpaired) electrons. The Morgan fingerprint density at radius 2 is 1.85 bits per heavy atom. The minimum atomic E-state index is -0.286. The smallest absolute Gasteiger partial charge is 0.323 e. The summed E-state index contributed by atoms with van der Waals surface area (Å²) in [7, 11) is 1.43. The molecular weight excluding hydrogens is 274 g/mol. The zero-order chi connectivity index (χ0) is 15.1. The van der Waals surface area contributed by atoms with Crippen molar-refractivity contribution in [2.24, 2.45) is 5.92 Å². The molecule has 0 aliphatic carbocycles. The van der Waals surface area contributed by atoms with Crippen LogP contribution >= 0.6 is 11.6 Å². The van der Waals surface area contributed by atoms with Gasteiger partial charge in [-0.05, 0) is 30.0 Å². The Labute approximate surface area is 126 Å². The van der Waals surface area contributed by atoms with Gasteiger partial charge in [0.05, 0.1) is 7.11 Å². The zero-order valence-electron chi connectivity index (χ0n) is 12.7. The van der Waals surface area contributed by atoms with Gasteiger partial charge in [-0.15, -0.1) is 0 Å². The number of halogens is 1. The minimum Gasteiger partial charge on any atom is -0.468 e. The summed E-state index contributed by atoms with van der Waals surface area (Å²) in [6, 6.07) is 7.56. The molecule has 0 fully saturated rings. The molecule has 3 unspecified atom stereocenters. The van der Waals surface area contributed by atoms with Crippen molar-refractivity contribution in [1.29, 1.82) is 0 Å². The van der Waals surface area contributed by atoms with Gasteiger partial charge >= 0.3 is 5.97 Å². The van der Waals surface area contributed by atoms with E-state index in [-0.39, 0.29) is 24.0 Å². The van der Waals surface area contributed by atoms with Crippen molar-refractivity contribution in [3.63, 3.8) is 0 Å². The molecule has 20 heavy (non-hydrogen) atoms. The molecule has 0 saturated heterocycles. The molecule has 0 amide bonds. The summed E-state index contributed by atoms with van der Waals surface area (Å²) < 4.78 is 4.91. The summed E-state index contributed by atoms with van der Waals surface area (Å²) in [4.78, 5) is 11.9. The fourth-order valence-corrected chi connectivity index (χ4v) is 2.31. The molecule has 0 aliphatic rings. The average molecular weight is 298 g/mol. The van der Waals surface area contributed by atoms with Crippen molar-refractivity contribution in [3.05, 3.63) is 34.9 Å². The molecule has 0 aliphatic heterocycles. The van der Waals surface area contributed by atoms with E-state index in [4.69, 9.17) is 16.3 Å². The van der Waals surface area contributed by atoms with Crippen molar-refractivity contribution in [3.8, 4) is 0 Å². The topological polar surface area (TPSA) is 38.3 Å². The molecule has 112 valence electrons. The van der Waals surface area contributed by atoms with Crippen LogP contribution in [0.4, 0.5) is 0 Å². The second-order valence-electron chi connectivity index (χ2n) is 5.07. The summed E-state index contributed by atoms with van der Waals surface area (Å²) in [5.41, 5.74) is 1.13. The maximum absolute atomic E-state index is 11.9. The Kier molecular flexibility index (Phi) is 7.03. The molecular formula is C16H24ClNO2. The van der Waals surface area contributed by atoms with E-state index in [1.54, 1.807) is 0 Å². The SMILES string of the molecule is CCC(NC(C(=O)OC)C(C)CC)c1ccc(Cl)cc1. The van der Waals surface area contributed by atoms with Crippen molar-refractivity contribution in [2.45, 2.75) is 45.7 Å². The highest BCUT2D eigenvalue weighted by molar-refractivity contribution is 6.30. The molecule has 4 heteroatoms. The number of ether oxygens (including phenoxy) is 1. The van der Waals surface area contributed by atoms with E-state index in [0.717, 1.165) is 23.4 Å². The van der Waals surface area contributed by atoms with Crippen LogP contribution in [0.1, 0.15) is 45.2 Å². The average Bonchev–Trinajstić information content (AvgIpc) is 2.48. The maximum Gasteiger partial charge on any atom is 0.323 e. The van der Waals surface area contributed by atoms with E-state index >= 15 is 0 Å². The first-order valence-corrected chi connectivity index (χ1v) is 7.50. The highest BCUT2D eigenvalue weighted by Crippen LogP contribution is 2.22. The van der Waals surface area contributed by atoms with E-state index in [1.165, 1.54) is 7.11 Å². The Morgan fingerprint density at radius 1 is 1.25 bits per heavy atom. The van der Waals surface area contributed by atoms with Crippen LogP contribution in [0.3, 0.4) is 0 Å². The molecule has 0 aromatic heterocycles. The highest BCUT2D eigenvalue weighted by Gasteiger charge is 2.27. The molecule has 3 atom stereocenters. The van der Waals surface area contributed by atoms with Gasteiger partial charge in [0.1, 0.15) is 6.04 Å². The van der Waals surface area contributed by atoms with Gasteiger partial charge in [-0.25, -0.2) is 0 Å². The maximum atomic E-state index is 11.9. The fraction of sp³-hybridized carbons (Fsp3) is 0.562. The van der Waals surface area contributed by atoms with E-state index in [9.17, 15) is 4.79 Å². The third-order valence-corrected chi connectivity index (χ3v) is 3.98. The van der Waals surface area contributed by atoms with Gasteiger partial charge in [0.15, 0.2) is 0 Å². The van der Waals surface area contributed by atoms with Crippen LogP contribution < -0.4 is 5.32 Å². The van der Waals surface area contributed by atoms with Gasteiger partial charge in [-0.2, -0.15) is 0 Å². The summed E-state index contributed by atoms with van der Waals surface area (Å²) >= 11 is 5.92. The Balaban J connectivity index is 2.88. The molecule has 0 spiro atoms. The lowest BCUT2D eigenvalue weighted by Crippen LogP contribution is -2.44. The van der Waals surface area contributed by atoms with Crippen LogP contribution in [0.25, 0.3) is 0 Å². The van der Waals surface area contributed by atoms with Crippen LogP contribution in [0.2, 0.25) is 5.02 Å². The van der Waals surface area contributed by atoms with Crippen molar-refractivity contribution in [2.75, 3.05) is 7.11 Å². The third kappa shape index (κ3) is 4.50. The van der Waals surface area contributed by atoms with Crippen molar-refractivity contribution in [1.82, 2.24) is 5.32 Å². The number of methoxy groups -OCH3 is 1. The highest BCUT2D eigenvalue weighted by atomic mass is 35.5. The fourth-order valence-electron chi connectivity index (χ4n) is 2.19. The number of benzene rings is 1. The molecule has 0 heterocycles. The van der Waals surface area contributed by atoms with Gasteiger partial charge in [0.2, 0.25) is 0 Å². The normalized spacial score (nSPS) is 15.4. The van der Waals surface area contributed by atoms with E-state index < -0.39 is 0 Å². The van der Waals surface area contributed by atoms with Gasteiger partial charge in [-0.3, -0.25) is 10.1 Å². The number of hydrogen-bond acceptors (Lipinski definition) is 3. The second-order valence-corrected chi connectivity index (χ2v) is 5.50. The van der Waals surface area contributed by atoms with Crippen LogP contribution in [0.5, 0.6) is 0 Å². The Morgan fingerprint density at radius 3 is 2.30 bits per heavy atom. The lowest BCUT2D eigenvalue weighted by Gasteiger charge is -2.27. The lowest BCUT2D eigenvalue weighted by molar-refractivity contribution is -0.144. The molecule has 3 nitrogen and oxygen atoms in total. The summed E-state index contributed by atoms with van der Waals surface area (Å²) in [6.07, 6.45) is 1.81. The predicted octanol–water partition coefficient (Wildman–Crippen LogP) is 3.97. The number of nitrogens with one attached hydrogen (secondary N) is 1. The van der Waals surface area contributed by atoms with Gasteiger partial charge in [0.25, 0.3) is 0 Å². The number of carbonyl (C=O) groups is 1. The largest absolute Gasteiger partial charge is 0.468 e. The second kappa shape index (κ2) is 8.28. The molecule has 0 saturated carbocycles. The third-order valence-electron chi connectivity index (χ3n) is 3.73. The summed E-state index contributed by atoms with van der Waals surface area (Å²) in [5.74, 6) is 0.0237. The molecule has 0 bridgehead atoms. The quantitative estimate of drug-likeness (QED) is 0.774. The Hall–Kier alpha value is -1.06. The number of esters is 1. The first-order valence-electron chi connectivity index (χ1n) is 7.12. The molecule has 1 rings (SSSR count). The van der Waals surface area contributed by atoms with Gasteiger partial charge < -0.3 is 4.74 Å². The van der Waals surface area contributed by atoms with Crippen LogP contribution in [-0.4, -0.2) is 19.1 Å². The Bertz CT molecular complexity index is 419. The van der Waals surface area contributed by atoms with Crippen LogP contribution in [-0.2, 0) is 9.53 Å². The monoisotopic (exact) mass is 297 g/mol. The van der Waals surface area contributed by atoms with Crippen molar-refractivity contribution < 1.29 is 9.53 Å². The summed E-state index contributed by atoms with van der Waals surface area (Å²) in [5, 5.41) is 4.14. The molecule has 1 aromatic carbocycles. The first-order chi connectivity index (χ1) is 9.53. The zero-order valence-corrected chi connectivity index (χ0v) is 13.4. The summed E-state index contributed by atoms with van der Waals surface area (Å²) in [6.45, 7) is 6.23. The van der Waals surface area contributed by atoms with Crippen molar-refractivity contribution >= 4 is 17.6 Å². The number of hydrogen-bond donors (Lipinski definition) is 1. The minimum absolute atomic E-state index is 0.116. The van der Waals surface area contributed by atoms with Gasteiger partial charge in [0, 0.05) is 11.1 Å². The standard InChI is InChI=1S/C16H24ClNO2/c1-5-11(3)15(16(19)20-4)18-14(6-2)12-7-9-13(17)10-8-12/h7-11,14-15,18H,5-6H2,1-4H3. The van der Waals surface area contributed by atoms with E-state index in [0.29, 0.717) is 0 Å². The predicted molar refractivity (Wildman–Crippen MR) is 82.9 cm³/mol. The first kappa shape index (κ1) is 17.0. The van der Waals surface area contributed by atoms with Crippen LogP contribution in [0, 0.1) is 5.92 Å². The number of carbonyl (C=O) groups excluding carboxylic acids is 1.